The van der Waals surface area contributed by atoms with Crippen LogP contribution in [-0.4, -0.2) is 36.5 Å². The molecule has 6 nitrogen and oxygen atoms in total. The van der Waals surface area contributed by atoms with Gasteiger partial charge in [0.05, 0.1) is 30.5 Å². The molecule has 0 aliphatic carbocycles. The molecule has 0 aliphatic rings. The maximum Gasteiger partial charge on any atom is 0.339 e. The molecule has 0 spiro atoms. The maximum atomic E-state index is 13.0. The highest BCUT2D eigenvalue weighted by Crippen LogP contribution is 2.18. The predicted octanol–water partition coefficient (Wildman–Crippen LogP) is 2.40. The van der Waals surface area contributed by atoms with Gasteiger partial charge >= 0.3 is 5.97 Å². The summed E-state index contributed by atoms with van der Waals surface area (Å²) in [5.41, 5.74) is 0.0970. The van der Waals surface area contributed by atoms with E-state index in [4.69, 9.17) is 15.3 Å². The average molecular weight is 382 g/mol. The number of carbonyl (C=O) groups is 2. The summed E-state index contributed by atoms with van der Waals surface area (Å²) >= 11 is 3.04. The lowest BCUT2D eigenvalue weighted by Crippen LogP contribution is -2.36. The van der Waals surface area contributed by atoms with Crippen molar-refractivity contribution in [2.45, 2.75) is 12.8 Å². The Bertz CT molecular complexity index is 649. The summed E-state index contributed by atoms with van der Waals surface area (Å²) in [6.45, 7) is -0.191. The molecule has 1 aromatic carbocycles. The van der Waals surface area contributed by atoms with Crippen molar-refractivity contribution in [2.75, 3.05) is 19.7 Å². The van der Waals surface area contributed by atoms with Crippen molar-refractivity contribution < 1.29 is 18.7 Å². The molecule has 8 heteroatoms. The molecule has 23 heavy (non-hydrogen) atoms. The highest BCUT2D eigenvalue weighted by atomic mass is 79.9. The fourth-order valence-electron chi connectivity index (χ4n) is 1.68. The van der Waals surface area contributed by atoms with E-state index in [1.165, 1.54) is 11.0 Å². The quantitative estimate of drug-likeness (QED) is 0.675. The molecule has 0 N–H and O–H groups in total. The van der Waals surface area contributed by atoms with Gasteiger partial charge < -0.3 is 9.64 Å². The van der Waals surface area contributed by atoms with Crippen LogP contribution in [0.5, 0.6) is 0 Å². The number of nitrogens with zero attached hydrogens (tertiary/aromatic N) is 3. The normalized spacial score (nSPS) is 9.57. The minimum absolute atomic E-state index is 0.0970. The fraction of sp³-hybridized carbons (Fsp3) is 0.333. The van der Waals surface area contributed by atoms with Gasteiger partial charge in [-0.1, -0.05) is 0 Å². The third kappa shape index (κ3) is 6.05. The van der Waals surface area contributed by atoms with Crippen molar-refractivity contribution in [1.82, 2.24) is 4.90 Å². The van der Waals surface area contributed by atoms with Crippen molar-refractivity contribution in [1.29, 1.82) is 10.5 Å². The van der Waals surface area contributed by atoms with Crippen LogP contribution in [0.15, 0.2) is 22.7 Å². The number of hydrogen-bond acceptors (Lipinski definition) is 5. The second kappa shape index (κ2) is 9.54. The number of halogens is 2. The van der Waals surface area contributed by atoms with Gasteiger partial charge in [0.1, 0.15) is 5.82 Å². The molecule has 0 fully saturated rings. The number of hydrogen-bond donors (Lipinski definition) is 0. The highest BCUT2D eigenvalue weighted by Gasteiger charge is 2.17. The number of benzene rings is 1. The van der Waals surface area contributed by atoms with E-state index in [1.54, 1.807) is 0 Å². The van der Waals surface area contributed by atoms with Crippen molar-refractivity contribution in [3.8, 4) is 12.1 Å². The SMILES string of the molecule is N#CCCN(CCC#N)C(=O)COC(=O)c1ccc(F)cc1Br. The Morgan fingerprint density at radius 1 is 1.22 bits per heavy atom. The Hall–Kier alpha value is -2.45. The van der Waals surface area contributed by atoms with Gasteiger partial charge in [-0.2, -0.15) is 10.5 Å². The lowest BCUT2D eigenvalue weighted by atomic mass is 10.2. The summed E-state index contributed by atoms with van der Waals surface area (Å²) in [5.74, 6) is -1.78. The van der Waals surface area contributed by atoms with Gasteiger partial charge in [-0.05, 0) is 34.1 Å². The van der Waals surface area contributed by atoms with Gasteiger partial charge in [-0.25, -0.2) is 9.18 Å². The molecule has 0 saturated heterocycles. The van der Waals surface area contributed by atoms with E-state index in [9.17, 15) is 14.0 Å². The smallest absolute Gasteiger partial charge is 0.339 e. The van der Waals surface area contributed by atoms with Gasteiger partial charge in [-0.15, -0.1) is 0 Å². The number of amides is 1. The number of rotatable bonds is 7. The van der Waals surface area contributed by atoms with Crippen molar-refractivity contribution >= 4 is 27.8 Å². The summed E-state index contributed by atoms with van der Waals surface area (Å²) in [6.07, 6.45) is 0.239. The Balaban J connectivity index is 2.63. The molecule has 120 valence electrons. The summed E-state index contributed by atoms with van der Waals surface area (Å²) in [4.78, 5) is 25.2. The van der Waals surface area contributed by atoms with Gasteiger partial charge in [0, 0.05) is 17.6 Å². The minimum Gasteiger partial charge on any atom is -0.452 e. The molecule has 0 radical (unpaired) electrons. The molecule has 0 aliphatic heterocycles. The van der Waals surface area contributed by atoms with Crippen LogP contribution in [0.2, 0.25) is 0 Å². The zero-order valence-corrected chi connectivity index (χ0v) is 13.7. The zero-order valence-electron chi connectivity index (χ0n) is 12.1. The number of esters is 1. The predicted molar refractivity (Wildman–Crippen MR) is 81.4 cm³/mol. The highest BCUT2D eigenvalue weighted by molar-refractivity contribution is 9.10. The molecular formula is C15H13BrFN3O3. The van der Waals surface area contributed by atoms with E-state index in [-0.39, 0.29) is 36.0 Å². The first-order chi connectivity index (χ1) is 11.0. The molecule has 1 amide bonds. The second-order valence-corrected chi connectivity index (χ2v) is 5.25. The van der Waals surface area contributed by atoms with E-state index in [0.29, 0.717) is 0 Å². The molecule has 0 heterocycles. The van der Waals surface area contributed by atoms with Crippen molar-refractivity contribution in [3.63, 3.8) is 0 Å². The zero-order chi connectivity index (χ0) is 17.2. The summed E-state index contributed by atoms with van der Waals surface area (Å²) in [6, 6.07) is 7.28. The first-order valence-corrected chi connectivity index (χ1v) is 7.42. The van der Waals surface area contributed by atoms with Crippen LogP contribution in [0, 0.1) is 28.5 Å². The molecule has 1 aromatic rings. The fourth-order valence-corrected chi connectivity index (χ4v) is 2.20. The van der Waals surface area contributed by atoms with Crippen LogP contribution in [-0.2, 0) is 9.53 Å². The second-order valence-electron chi connectivity index (χ2n) is 4.40. The van der Waals surface area contributed by atoms with Crippen LogP contribution in [0.3, 0.4) is 0 Å². The Labute approximate surface area is 141 Å². The van der Waals surface area contributed by atoms with Crippen molar-refractivity contribution in [3.05, 3.63) is 34.1 Å². The first-order valence-electron chi connectivity index (χ1n) is 6.63. The summed E-state index contributed by atoms with van der Waals surface area (Å²) in [7, 11) is 0. The van der Waals surface area contributed by atoms with E-state index >= 15 is 0 Å². The molecular weight excluding hydrogens is 369 g/mol. The summed E-state index contributed by atoms with van der Waals surface area (Å²) < 4.78 is 18.1. The minimum atomic E-state index is -0.772. The maximum absolute atomic E-state index is 13.0. The lowest BCUT2D eigenvalue weighted by molar-refractivity contribution is -0.134. The Morgan fingerprint density at radius 3 is 2.35 bits per heavy atom. The lowest BCUT2D eigenvalue weighted by Gasteiger charge is -2.20. The van der Waals surface area contributed by atoms with E-state index < -0.39 is 24.3 Å². The van der Waals surface area contributed by atoms with E-state index in [0.717, 1.165) is 12.1 Å². The first kappa shape index (κ1) is 18.6. The van der Waals surface area contributed by atoms with Crippen LogP contribution in [0.4, 0.5) is 4.39 Å². The average Bonchev–Trinajstić information content (AvgIpc) is 2.52. The Kier molecular flexibility index (Phi) is 7.72. The van der Waals surface area contributed by atoms with Crippen LogP contribution >= 0.6 is 15.9 Å². The van der Waals surface area contributed by atoms with Crippen LogP contribution in [0.1, 0.15) is 23.2 Å². The van der Waals surface area contributed by atoms with Gasteiger partial charge in [0.15, 0.2) is 6.61 Å². The Morgan fingerprint density at radius 2 is 1.83 bits per heavy atom. The van der Waals surface area contributed by atoms with Crippen LogP contribution in [0.25, 0.3) is 0 Å². The van der Waals surface area contributed by atoms with Crippen LogP contribution < -0.4 is 0 Å². The monoisotopic (exact) mass is 381 g/mol. The summed E-state index contributed by atoms with van der Waals surface area (Å²) in [5, 5.41) is 17.1. The molecule has 0 bridgehead atoms. The topological polar surface area (TPSA) is 94.2 Å². The van der Waals surface area contributed by atoms with E-state index in [1.807, 2.05) is 12.1 Å². The van der Waals surface area contributed by atoms with Crippen molar-refractivity contribution in [2.24, 2.45) is 0 Å². The largest absolute Gasteiger partial charge is 0.452 e. The third-order valence-corrected chi connectivity index (χ3v) is 3.47. The molecule has 0 atom stereocenters. The number of carbonyl (C=O) groups excluding carboxylic acids is 2. The molecule has 0 aromatic heterocycles. The van der Waals surface area contributed by atoms with Gasteiger partial charge in [0.2, 0.25) is 0 Å². The molecule has 1 rings (SSSR count). The van der Waals surface area contributed by atoms with E-state index in [2.05, 4.69) is 15.9 Å². The third-order valence-electron chi connectivity index (χ3n) is 2.82. The standard InChI is InChI=1S/C15H13BrFN3O3/c16-13-9-11(17)3-4-12(13)15(22)23-10-14(21)20(7-1-5-18)8-2-6-19/h3-4,9H,1-2,7-8,10H2. The number of ether oxygens (including phenoxy) is 1. The van der Waals surface area contributed by atoms with Gasteiger partial charge in [-0.3, -0.25) is 4.79 Å². The van der Waals surface area contributed by atoms with Gasteiger partial charge in [0.25, 0.3) is 5.91 Å². The molecule has 0 unspecified atom stereocenters. The number of nitriles is 2. The molecule has 0 saturated carbocycles.